The summed E-state index contributed by atoms with van der Waals surface area (Å²) in [6, 6.07) is 10.8. The predicted octanol–water partition coefficient (Wildman–Crippen LogP) is 2.99. The van der Waals surface area contributed by atoms with Crippen molar-refractivity contribution in [2.24, 2.45) is 11.8 Å². The molecule has 208 valence electrons. The van der Waals surface area contributed by atoms with Crippen LogP contribution in [0.1, 0.15) is 32.3 Å². The van der Waals surface area contributed by atoms with E-state index in [0.717, 1.165) is 12.5 Å². The number of carbonyl (C=O) groups is 1. The van der Waals surface area contributed by atoms with Crippen LogP contribution in [0.4, 0.5) is 5.69 Å². The second-order valence-corrected chi connectivity index (χ2v) is 12.3. The number of amides is 1. The Morgan fingerprint density at radius 2 is 1.89 bits per heavy atom. The van der Waals surface area contributed by atoms with Gasteiger partial charge >= 0.3 is 0 Å². The van der Waals surface area contributed by atoms with Gasteiger partial charge in [-0.25, -0.2) is 8.42 Å². The number of rotatable bonds is 10. The zero-order valence-electron chi connectivity index (χ0n) is 22.6. The molecule has 2 aliphatic rings. The molecule has 2 N–H and O–H groups in total. The van der Waals surface area contributed by atoms with Gasteiger partial charge in [-0.3, -0.25) is 9.52 Å². The fourth-order valence-electron chi connectivity index (χ4n) is 4.80. The number of benzene rings is 2. The van der Waals surface area contributed by atoms with Gasteiger partial charge in [-0.15, -0.1) is 0 Å². The van der Waals surface area contributed by atoms with Gasteiger partial charge in [0.2, 0.25) is 5.91 Å². The maximum absolute atomic E-state index is 13.4. The van der Waals surface area contributed by atoms with Gasteiger partial charge < -0.3 is 24.4 Å². The molecule has 1 aliphatic heterocycles. The highest BCUT2D eigenvalue weighted by molar-refractivity contribution is 7.92. The third kappa shape index (κ3) is 6.98. The molecule has 2 aromatic rings. The average molecular weight is 546 g/mol. The number of sulfonamides is 1. The molecule has 2 aromatic carbocycles. The first-order valence-electron chi connectivity index (χ1n) is 13.1. The molecule has 0 radical (unpaired) electrons. The molecule has 10 heteroatoms. The van der Waals surface area contributed by atoms with Crippen LogP contribution < -0.4 is 14.2 Å². The number of aliphatic hydroxyl groups excluding tert-OH is 1. The summed E-state index contributed by atoms with van der Waals surface area (Å²) in [6.45, 7) is 5.95. The minimum absolute atomic E-state index is 0.0220. The van der Waals surface area contributed by atoms with Crippen LogP contribution in [0, 0.1) is 11.8 Å². The Balaban J connectivity index is 1.62. The number of carbonyl (C=O) groups excluding carboxylic acids is 1. The van der Waals surface area contributed by atoms with Crippen molar-refractivity contribution in [3.8, 4) is 11.5 Å². The molecule has 0 bridgehead atoms. The van der Waals surface area contributed by atoms with Crippen LogP contribution >= 0.6 is 0 Å². The van der Waals surface area contributed by atoms with Crippen molar-refractivity contribution in [2.75, 3.05) is 45.1 Å². The fourth-order valence-corrected chi connectivity index (χ4v) is 5.85. The Kier molecular flexibility index (Phi) is 8.85. The Morgan fingerprint density at radius 3 is 2.53 bits per heavy atom. The summed E-state index contributed by atoms with van der Waals surface area (Å²) in [7, 11) is -0.239. The summed E-state index contributed by atoms with van der Waals surface area (Å²) in [5.41, 5.74) is 0.941. The number of anilines is 1. The number of nitrogens with one attached hydrogen (secondary N) is 1. The summed E-state index contributed by atoms with van der Waals surface area (Å²) in [4.78, 5) is 17.5. The van der Waals surface area contributed by atoms with E-state index in [1.54, 1.807) is 35.2 Å². The molecule has 1 amide bonds. The number of methoxy groups -OCH3 is 1. The molecular weight excluding hydrogens is 506 g/mol. The molecule has 0 saturated heterocycles. The van der Waals surface area contributed by atoms with Crippen LogP contribution in [-0.4, -0.2) is 81.8 Å². The van der Waals surface area contributed by atoms with Crippen LogP contribution in [0.25, 0.3) is 0 Å². The van der Waals surface area contributed by atoms with Crippen LogP contribution in [0.3, 0.4) is 0 Å². The molecule has 0 spiro atoms. The zero-order chi connectivity index (χ0) is 27.4. The van der Waals surface area contributed by atoms with Gasteiger partial charge in [0.05, 0.1) is 31.1 Å². The lowest BCUT2D eigenvalue weighted by atomic mass is 10.0. The maximum Gasteiger partial charge on any atom is 0.261 e. The van der Waals surface area contributed by atoms with Gasteiger partial charge in [-0.2, -0.15) is 0 Å². The lowest BCUT2D eigenvalue weighted by Gasteiger charge is -2.34. The van der Waals surface area contributed by atoms with Crippen LogP contribution in [0.2, 0.25) is 0 Å². The van der Waals surface area contributed by atoms with Crippen LogP contribution in [0.5, 0.6) is 11.5 Å². The van der Waals surface area contributed by atoms with Gasteiger partial charge in [-0.1, -0.05) is 6.92 Å². The lowest BCUT2D eigenvalue weighted by Crippen LogP contribution is -2.47. The highest BCUT2D eigenvalue weighted by Crippen LogP contribution is 2.32. The van der Waals surface area contributed by atoms with E-state index in [-0.39, 0.29) is 41.9 Å². The molecule has 1 fully saturated rings. The van der Waals surface area contributed by atoms with E-state index in [4.69, 9.17) is 9.47 Å². The van der Waals surface area contributed by atoms with Crippen molar-refractivity contribution in [3.63, 3.8) is 0 Å². The third-order valence-corrected chi connectivity index (χ3v) is 8.69. The van der Waals surface area contributed by atoms with Crippen molar-refractivity contribution in [3.05, 3.63) is 48.0 Å². The Bertz CT molecular complexity index is 1220. The number of fused-ring (bicyclic) bond motifs is 1. The fraction of sp³-hybridized carbons (Fsp3) is 0.536. The molecule has 0 aromatic heterocycles. The quantitative estimate of drug-likeness (QED) is 0.473. The van der Waals surface area contributed by atoms with Gasteiger partial charge in [0.1, 0.15) is 17.6 Å². The minimum atomic E-state index is -3.85. The molecule has 0 unspecified atom stereocenters. The minimum Gasteiger partial charge on any atom is -0.497 e. The standard InChI is InChI=1S/C28H39N3O6S/c1-19-15-31(20(2)18-32)28(33)14-22-13-23(29-38(34,35)25-10-8-24(36-4)9-11-25)7-12-26(22)37-27(19)17-30(3)16-21-5-6-21/h7-13,19-21,27,29,32H,5-6,14-18H2,1-4H3/t19-,20-,27-/m0/s1. The number of hydrogen-bond donors (Lipinski definition) is 2. The van der Waals surface area contributed by atoms with Crippen molar-refractivity contribution < 1.29 is 27.8 Å². The number of ether oxygens (including phenoxy) is 2. The van der Waals surface area contributed by atoms with Gasteiger partial charge in [-0.05, 0) is 75.2 Å². The third-order valence-electron chi connectivity index (χ3n) is 7.30. The van der Waals surface area contributed by atoms with Crippen LogP contribution in [0.15, 0.2) is 47.4 Å². The molecule has 38 heavy (non-hydrogen) atoms. The van der Waals surface area contributed by atoms with E-state index in [9.17, 15) is 18.3 Å². The monoisotopic (exact) mass is 545 g/mol. The van der Waals surface area contributed by atoms with Crippen LogP contribution in [-0.2, 0) is 21.2 Å². The summed E-state index contributed by atoms with van der Waals surface area (Å²) in [5, 5.41) is 9.83. The second-order valence-electron chi connectivity index (χ2n) is 10.7. The molecule has 1 heterocycles. The van der Waals surface area contributed by atoms with E-state index in [2.05, 4.69) is 23.6 Å². The first kappa shape index (κ1) is 28.2. The van der Waals surface area contributed by atoms with Gasteiger partial charge in [0.15, 0.2) is 0 Å². The molecule has 1 saturated carbocycles. The summed E-state index contributed by atoms with van der Waals surface area (Å²) in [6.07, 6.45) is 2.38. The molecule has 3 atom stereocenters. The van der Waals surface area contributed by atoms with E-state index < -0.39 is 10.0 Å². The van der Waals surface area contributed by atoms with Crippen molar-refractivity contribution in [1.82, 2.24) is 9.80 Å². The smallest absolute Gasteiger partial charge is 0.261 e. The van der Waals surface area contributed by atoms with Crippen molar-refractivity contribution in [2.45, 2.75) is 50.2 Å². The van der Waals surface area contributed by atoms with E-state index in [0.29, 0.717) is 35.8 Å². The molecule has 1 aliphatic carbocycles. The Hall–Kier alpha value is -2.82. The summed E-state index contributed by atoms with van der Waals surface area (Å²) < 4.78 is 40.3. The molecular formula is C28H39N3O6S. The SMILES string of the molecule is COc1ccc(S(=O)(=O)Nc2ccc3c(c2)CC(=O)N([C@@H](C)CO)C[C@H](C)[C@H](CN(C)CC2CC2)O3)cc1. The van der Waals surface area contributed by atoms with Gasteiger partial charge in [0.25, 0.3) is 10.0 Å². The largest absolute Gasteiger partial charge is 0.497 e. The van der Waals surface area contributed by atoms with Crippen molar-refractivity contribution >= 4 is 21.6 Å². The van der Waals surface area contributed by atoms with Gasteiger partial charge in [0, 0.05) is 36.8 Å². The first-order chi connectivity index (χ1) is 18.1. The number of hydrogen-bond acceptors (Lipinski definition) is 7. The number of likely N-dealkylation sites (N-methyl/N-ethyl adjacent to an activating group) is 1. The highest BCUT2D eigenvalue weighted by atomic mass is 32.2. The zero-order valence-corrected chi connectivity index (χ0v) is 23.4. The Morgan fingerprint density at radius 1 is 1.18 bits per heavy atom. The van der Waals surface area contributed by atoms with E-state index in [1.807, 2.05) is 6.92 Å². The predicted molar refractivity (Wildman–Crippen MR) is 146 cm³/mol. The average Bonchev–Trinajstić information content (AvgIpc) is 3.70. The maximum atomic E-state index is 13.4. The highest BCUT2D eigenvalue weighted by Gasteiger charge is 2.32. The number of nitrogens with zero attached hydrogens (tertiary/aromatic N) is 2. The molecule has 9 nitrogen and oxygen atoms in total. The number of aliphatic hydroxyl groups is 1. The topological polar surface area (TPSA) is 108 Å². The summed E-state index contributed by atoms with van der Waals surface area (Å²) in [5.74, 6) is 1.76. The van der Waals surface area contributed by atoms with E-state index >= 15 is 0 Å². The van der Waals surface area contributed by atoms with Crippen molar-refractivity contribution in [1.29, 1.82) is 0 Å². The van der Waals surface area contributed by atoms with E-state index in [1.165, 1.54) is 32.1 Å². The second kappa shape index (κ2) is 11.9. The normalized spacial score (nSPS) is 21.1. The first-order valence-corrected chi connectivity index (χ1v) is 14.6. The summed E-state index contributed by atoms with van der Waals surface area (Å²) >= 11 is 0. The molecule has 4 rings (SSSR count). The lowest BCUT2D eigenvalue weighted by molar-refractivity contribution is -0.134. The Labute approximate surface area is 225 Å².